The molecule has 1 heterocycles. The zero-order valence-electron chi connectivity index (χ0n) is 6.78. The van der Waals surface area contributed by atoms with E-state index in [2.05, 4.69) is 4.98 Å². The highest BCUT2D eigenvalue weighted by molar-refractivity contribution is 7.11. The second-order valence-corrected chi connectivity index (χ2v) is 3.85. The third-order valence-electron chi connectivity index (χ3n) is 1.38. The molecular formula is C7H11N3OS. The van der Waals surface area contributed by atoms with Gasteiger partial charge in [0, 0.05) is 17.5 Å². The van der Waals surface area contributed by atoms with Gasteiger partial charge >= 0.3 is 0 Å². The number of thiazole rings is 1. The van der Waals surface area contributed by atoms with Crippen molar-refractivity contribution in [2.24, 2.45) is 11.5 Å². The number of carbonyl (C=O) groups is 1. The second kappa shape index (κ2) is 3.64. The van der Waals surface area contributed by atoms with Gasteiger partial charge in [0.1, 0.15) is 5.01 Å². The van der Waals surface area contributed by atoms with Crippen LogP contribution in [0.15, 0.2) is 6.20 Å². The first kappa shape index (κ1) is 9.15. The molecule has 1 atom stereocenters. The molecule has 0 aliphatic heterocycles. The van der Waals surface area contributed by atoms with E-state index in [1.807, 2.05) is 6.92 Å². The highest BCUT2D eigenvalue weighted by Gasteiger charge is 2.11. The van der Waals surface area contributed by atoms with Gasteiger partial charge in [-0.1, -0.05) is 0 Å². The molecular weight excluding hydrogens is 174 g/mol. The second-order valence-electron chi connectivity index (χ2n) is 2.59. The van der Waals surface area contributed by atoms with Crippen molar-refractivity contribution in [3.05, 3.63) is 16.1 Å². The molecule has 0 aliphatic rings. The van der Waals surface area contributed by atoms with Crippen molar-refractivity contribution in [3.63, 3.8) is 0 Å². The monoisotopic (exact) mass is 185 g/mol. The molecule has 5 heteroatoms. The van der Waals surface area contributed by atoms with Gasteiger partial charge in [-0.05, 0) is 6.92 Å². The summed E-state index contributed by atoms with van der Waals surface area (Å²) in [5.74, 6) is -0.393. The standard InChI is InChI=1S/C7H11N3OS/c1-4-3-10-7(12-4)5(8)2-6(9)11/h3,5H,2,8H2,1H3,(H2,9,11)/t5-/m0/s1. The maximum absolute atomic E-state index is 10.5. The fourth-order valence-electron chi connectivity index (χ4n) is 0.848. The third-order valence-corrected chi connectivity index (χ3v) is 2.42. The average Bonchev–Trinajstić information content (AvgIpc) is 2.34. The van der Waals surface area contributed by atoms with Crippen LogP contribution in [0.5, 0.6) is 0 Å². The van der Waals surface area contributed by atoms with E-state index in [0.29, 0.717) is 0 Å². The number of nitrogens with zero attached hydrogens (tertiary/aromatic N) is 1. The van der Waals surface area contributed by atoms with E-state index >= 15 is 0 Å². The molecule has 0 spiro atoms. The number of aryl methyl sites for hydroxylation is 1. The molecule has 66 valence electrons. The van der Waals surface area contributed by atoms with Gasteiger partial charge in [0.25, 0.3) is 0 Å². The van der Waals surface area contributed by atoms with E-state index in [1.54, 1.807) is 6.20 Å². The van der Waals surface area contributed by atoms with Gasteiger partial charge in [0.15, 0.2) is 0 Å². The number of primary amides is 1. The van der Waals surface area contributed by atoms with E-state index in [9.17, 15) is 4.79 Å². The average molecular weight is 185 g/mol. The van der Waals surface area contributed by atoms with Crippen molar-refractivity contribution >= 4 is 17.2 Å². The smallest absolute Gasteiger partial charge is 0.219 e. The van der Waals surface area contributed by atoms with E-state index in [-0.39, 0.29) is 12.5 Å². The summed E-state index contributed by atoms with van der Waals surface area (Å²) in [6, 6.07) is -0.346. The summed E-state index contributed by atoms with van der Waals surface area (Å²) in [6.45, 7) is 1.94. The molecule has 0 aromatic carbocycles. The summed E-state index contributed by atoms with van der Waals surface area (Å²) in [5.41, 5.74) is 10.7. The molecule has 0 fully saturated rings. The Morgan fingerprint density at radius 3 is 2.92 bits per heavy atom. The van der Waals surface area contributed by atoms with Crippen molar-refractivity contribution in [2.75, 3.05) is 0 Å². The molecule has 0 saturated carbocycles. The number of rotatable bonds is 3. The van der Waals surface area contributed by atoms with Gasteiger partial charge in [0.05, 0.1) is 6.04 Å². The van der Waals surface area contributed by atoms with E-state index in [0.717, 1.165) is 9.88 Å². The molecule has 0 aliphatic carbocycles. The molecule has 1 amide bonds. The normalized spacial score (nSPS) is 12.8. The SMILES string of the molecule is Cc1cnc([C@@H](N)CC(N)=O)s1. The highest BCUT2D eigenvalue weighted by atomic mass is 32.1. The van der Waals surface area contributed by atoms with Gasteiger partial charge in [-0.3, -0.25) is 4.79 Å². The van der Waals surface area contributed by atoms with Crippen LogP contribution >= 0.6 is 11.3 Å². The van der Waals surface area contributed by atoms with Gasteiger partial charge in [-0.25, -0.2) is 4.98 Å². The van der Waals surface area contributed by atoms with E-state index in [1.165, 1.54) is 11.3 Å². The maximum atomic E-state index is 10.5. The van der Waals surface area contributed by atoms with Crippen LogP contribution in [0.4, 0.5) is 0 Å². The lowest BCUT2D eigenvalue weighted by molar-refractivity contribution is -0.118. The maximum Gasteiger partial charge on any atom is 0.219 e. The van der Waals surface area contributed by atoms with Crippen LogP contribution in [-0.4, -0.2) is 10.9 Å². The highest BCUT2D eigenvalue weighted by Crippen LogP contribution is 2.19. The summed E-state index contributed by atoms with van der Waals surface area (Å²) in [4.78, 5) is 15.7. The van der Waals surface area contributed by atoms with Crippen LogP contribution in [0, 0.1) is 6.92 Å². The molecule has 4 nitrogen and oxygen atoms in total. The Morgan fingerprint density at radius 2 is 2.50 bits per heavy atom. The topological polar surface area (TPSA) is 82.0 Å². The Balaban J connectivity index is 2.64. The minimum Gasteiger partial charge on any atom is -0.370 e. The van der Waals surface area contributed by atoms with Crippen LogP contribution in [0.2, 0.25) is 0 Å². The third kappa shape index (κ3) is 2.28. The Labute approximate surface area is 74.6 Å². The minimum absolute atomic E-state index is 0.160. The molecule has 1 aromatic heterocycles. The van der Waals surface area contributed by atoms with Crippen molar-refractivity contribution in [2.45, 2.75) is 19.4 Å². The summed E-state index contributed by atoms with van der Waals surface area (Å²) in [7, 11) is 0. The van der Waals surface area contributed by atoms with Crippen molar-refractivity contribution in [3.8, 4) is 0 Å². The molecule has 4 N–H and O–H groups in total. The summed E-state index contributed by atoms with van der Waals surface area (Å²) in [6.07, 6.45) is 1.90. The molecule has 1 aromatic rings. The van der Waals surface area contributed by atoms with Crippen LogP contribution in [0.1, 0.15) is 22.3 Å². The number of hydrogen-bond acceptors (Lipinski definition) is 4. The summed E-state index contributed by atoms with van der Waals surface area (Å²) < 4.78 is 0. The summed E-state index contributed by atoms with van der Waals surface area (Å²) >= 11 is 1.49. The number of carbonyl (C=O) groups excluding carboxylic acids is 1. The first-order valence-corrected chi connectivity index (χ1v) is 4.37. The minimum atomic E-state index is -0.393. The molecule has 0 bridgehead atoms. The first-order chi connectivity index (χ1) is 5.59. The fourth-order valence-corrected chi connectivity index (χ4v) is 1.62. The van der Waals surface area contributed by atoms with Crippen molar-refractivity contribution < 1.29 is 4.79 Å². The van der Waals surface area contributed by atoms with Gasteiger partial charge in [0.2, 0.25) is 5.91 Å². The molecule has 0 saturated heterocycles. The lowest BCUT2D eigenvalue weighted by Crippen LogP contribution is -2.20. The fraction of sp³-hybridized carbons (Fsp3) is 0.429. The quantitative estimate of drug-likeness (QED) is 0.711. The number of amides is 1. The van der Waals surface area contributed by atoms with Gasteiger partial charge < -0.3 is 11.5 Å². The Hall–Kier alpha value is -0.940. The molecule has 0 unspecified atom stereocenters. The Bertz CT molecular complexity index is 284. The Morgan fingerprint density at radius 1 is 1.83 bits per heavy atom. The zero-order chi connectivity index (χ0) is 9.14. The van der Waals surface area contributed by atoms with E-state index in [4.69, 9.17) is 11.5 Å². The molecule has 1 rings (SSSR count). The lowest BCUT2D eigenvalue weighted by atomic mass is 10.2. The number of nitrogens with two attached hydrogens (primary N) is 2. The predicted octanol–water partition coefficient (Wildman–Crippen LogP) is 0.327. The van der Waals surface area contributed by atoms with Gasteiger partial charge in [-0.15, -0.1) is 11.3 Å². The van der Waals surface area contributed by atoms with Crippen LogP contribution in [0.3, 0.4) is 0 Å². The Kier molecular flexibility index (Phi) is 2.78. The van der Waals surface area contributed by atoms with Crippen LogP contribution in [0.25, 0.3) is 0 Å². The zero-order valence-corrected chi connectivity index (χ0v) is 7.60. The van der Waals surface area contributed by atoms with Crippen LogP contribution < -0.4 is 11.5 Å². The number of hydrogen-bond donors (Lipinski definition) is 2. The van der Waals surface area contributed by atoms with Crippen molar-refractivity contribution in [1.29, 1.82) is 0 Å². The molecule has 12 heavy (non-hydrogen) atoms. The largest absolute Gasteiger partial charge is 0.370 e. The number of aromatic nitrogens is 1. The van der Waals surface area contributed by atoms with Gasteiger partial charge in [-0.2, -0.15) is 0 Å². The predicted molar refractivity (Wildman–Crippen MR) is 47.6 cm³/mol. The van der Waals surface area contributed by atoms with Crippen LogP contribution in [-0.2, 0) is 4.79 Å². The first-order valence-electron chi connectivity index (χ1n) is 3.56. The van der Waals surface area contributed by atoms with E-state index < -0.39 is 5.91 Å². The summed E-state index contributed by atoms with van der Waals surface area (Å²) in [5, 5.41) is 0.770. The lowest BCUT2D eigenvalue weighted by Gasteiger charge is -2.03. The molecule has 0 radical (unpaired) electrons. The van der Waals surface area contributed by atoms with Crippen molar-refractivity contribution in [1.82, 2.24) is 4.98 Å².